The number of ketones is 1. The number of para-hydroxylation sites is 2. The van der Waals surface area contributed by atoms with E-state index in [1.165, 1.54) is 36.4 Å². The van der Waals surface area contributed by atoms with Gasteiger partial charge in [-0.3, -0.25) is 39.4 Å². The van der Waals surface area contributed by atoms with Gasteiger partial charge < -0.3 is 61.6 Å². The number of esters is 5. The van der Waals surface area contributed by atoms with Gasteiger partial charge in [-0.2, -0.15) is 0 Å². The zero-order chi connectivity index (χ0) is 68.4. The van der Waals surface area contributed by atoms with E-state index in [2.05, 4.69) is 38.3 Å². The maximum atomic E-state index is 15.1. The van der Waals surface area contributed by atoms with Gasteiger partial charge in [-0.05, 0) is 110 Å². The van der Waals surface area contributed by atoms with E-state index in [1.54, 1.807) is 0 Å². The molecule has 3 unspecified atom stereocenters. The van der Waals surface area contributed by atoms with Gasteiger partial charge in [-0.1, -0.05) is 86.2 Å². The number of halogens is 9. The predicted molar refractivity (Wildman–Crippen MR) is 345 cm³/mol. The number of carbonyl (C=O) groups excluding carboxylic acids is 8. The van der Waals surface area contributed by atoms with Crippen LogP contribution in [0.3, 0.4) is 0 Å². The molecule has 2 aromatic rings. The van der Waals surface area contributed by atoms with E-state index >= 15 is 4.79 Å². The second-order valence-corrected chi connectivity index (χ2v) is 28.9. The molecule has 32 heteroatoms. The number of benzene rings is 2. The van der Waals surface area contributed by atoms with E-state index in [0.717, 1.165) is 32.1 Å². The molecular formula is C63H73Cl9N2O21. The highest BCUT2D eigenvalue weighted by Gasteiger charge is 2.71. The van der Waals surface area contributed by atoms with Crippen LogP contribution in [0.5, 0.6) is 0 Å². The smallest absolute Gasteiger partial charge is 0.412 e. The Morgan fingerprint density at radius 2 is 1.08 bits per heavy atom. The maximum Gasteiger partial charge on any atom is 0.412 e. The van der Waals surface area contributed by atoms with Gasteiger partial charge in [-0.15, -0.1) is 58.0 Å². The van der Waals surface area contributed by atoms with Crippen molar-refractivity contribution in [1.82, 2.24) is 0 Å². The van der Waals surface area contributed by atoms with E-state index in [1.807, 2.05) is 0 Å². The number of carbonyl (C=O) groups is 8. The van der Waals surface area contributed by atoms with Gasteiger partial charge in [0.1, 0.15) is 66.7 Å². The maximum absolute atomic E-state index is 15.1. The van der Waals surface area contributed by atoms with Crippen LogP contribution in [0.15, 0.2) is 36.4 Å². The Morgan fingerprint density at radius 1 is 0.568 bits per heavy atom. The number of anilines is 2. The van der Waals surface area contributed by atoms with Crippen LogP contribution in [0.25, 0.3) is 0 Å². The molecule has 23 nitrogen and oxygen atoms in total. The molecule has 22 atom stereocenters. The quantitative estimate of drug-likeness (QED) is 0.0539. The zero-order valence-electron chi connectivity index (χ0n) is 51.9. The van der Waals surface area contributed by atoms with Gasteiger partial charge in [0.05, 0.1) is 50.3 Å². The fourth-order valence-corrected chi connectivity index (χ4v) is 17.6. The molecule has 4 saturated heterocycles. The van der Waals surface area contributed by atoms with Crippen LogP contribution in [-0.2, 0) is 90.3 Å². The van der Waals surface area contributed by atoms with Crippen LogP contribution < -0.4 is 10.6 Å². The van der Waals surface area contributed by atoms with Crippen LogP contribution in [0.1, 0.15) is 85.5 Å². The molecule has 95 heavy (non-hydrogen) atoms. The molecule has 8 fully saturated rings. The van der Waals surface area contributed by atoms with Crippen molar-refractivity contribution >= 4 is 164 Å². The monoisotopic (exact) mass is 1510 g/mol. The lowest BCUT2D eigenvalue weighted by Gasteiger charge is -2.60. The first-order valence-corrected chi connectivity index (χ1v) is 35.5. The molecular weight excluding hydrogens is 1440 g/mol. The molecule has 4 saturated carbocycles. The molecule has 2 aromatic carbocycles. The third kappa shape index (κ3) is 15.8. The van der Waals surface area contributed by atoms with Crippen LogP contribution in [-0.4, -0.2) is 176 Å². The number of rotatable bonds is 20. The highest BCUT2D eigenvalue weighted by Crippen LogP contribution is 2.71. The molecule has 4 aliphatic carbocycles. The summed E-state index contributed by atoms with van der Waals surface area (Å²) in [5, 5.41) is 4.71. The second-order valence-electron chi connectivity index (χ2n) is 25.9. The minimum atomic E-state index is -2.19. The zero-order valence-corrected chi connectivity index (χ0v) is 58.7. The average Bonchev–Trinajstić information content (AvgIpc) is 1.56. The molecule has 4 heterocycles. The first kappa shape index (κ1) is 74.1. The summed E-state index contributed by atoms with van der Waals surface area (Å²) in [4.78, 5) is 110. The molecule has 4 aliphatic heterocycles. The summed E-state index contributed by atoms with van der Waals surface area (Å²) in [6.07, 6.45) is -16.5. The van der Waals surface area contributed by atoms with E-state index in [0.29, 0.717) is 38.2 Å². The lowest BCUT2D eigenvalue weighted by atomic mass is 9.44. The summed E-state index contributed by atoms with van der Waals surface area (Å²) in [5.41, 5.74) is -0.920. The Balaban J connectivity index is 0.958. The minimum Gasteiger partial charge on any atom is -0.462 e. The van der Waals surface area contributed by atoms with Crippen molar-refractivity contribution in [2.24, 2.45) is 52.3 Å². The summed E-state index contributed by atoms with van der Waals surface area (Å²) in [5.74, 6) is -9.09. The lowest BCUT2D eigenvalue weighted by molar-refractivity contribution is -0.364. The van der Waals surface area contributed by atoms with Crippen molar-refractivity contribution in [3.63, 3.8) is 0 Å². The SMILES string of the molecule is CC1C2C(C[C@H]3[C@@H]4CC[C@H]5C[C@@H](O[C@@H]6O[C@H](COC(=O)CCl)[C@@H](O[C@@H]7O[C@H](COC(=O)Nc8c(Cl)cccc8Cl)[C@@H](OC(=O)Nc8c(Cl)cccc8Cl)[C@H](OC(=O)CCl)[C@H]7OC(=O)CCl)[C@H](OC(=O)CCl)[C@H]6OC(=O)CCl)CC[C@]5(C)[C@H]4C(=O)C[C@]23C)O[C@]12CC[C@@H](C)CO2. The Labute approximate surface area is 593 Å². The van der Waals surface area contributed by atoms with E-state index in [9.17, 15) is 33.6 Å². The second kappa shape index (κ2) is 31.5. The molecule has 1 spiro atoms. The van der Waals surface area contributed by atoms with Crippen LogP contribution in [0, 0.1) is 52.3 Å². The van der Waals surface area contributed by atoms with Crippen molar-refractivity contribution in [3.8, 4) is 0 Å². The third-order valence-corrected chi connectivity index (χ3v) is 22.7. The van der Waals surface area contributed by atoms with Crippen molar-refractivity contribution in [3.05, 3.63) is 56.5 Å². The van der Waals surface area contributed by atoms with Crippen LogP contribution in [0.2, 0.25) is 20.1 Å². The van der Waals surface area contributed by atoms with Crippen LogP contribution >= 0.6 is 104 Å². The molecule has 2 N–H and O–H groups in total. The molecule has 0 aromatic heterocycles. The molecule has 2 amide bonds. The van der Waals surface area contributed by atoms with Gasteiger partial charge in [0.25, 0.3) is 0 Å². The fraction of sp³-hybridized carbons (Fsp3) is 0.683. The fourth-order valence-electron chi connectivity index (χ4n) is 16.3. The topological polar surface area (TPSA) is 281 Å². The summed E-state index contributed by atoms with van der Waals surface area (Å²) in [7, 11) is 0. The summed E-state index contributed by atoms with van der Waals surface area (Å²) in [6, 6.07) is 8.65. The number of hydrogen-bond acceptors (Lipinski definition) is 21. The third-order valence-electron chi connectivity index (χ3n) is 20.4. The first-order valence-electron chi connectivity index (χ1n) is 31.3. The molecule has 8 aliphatic rings. The highest BCUT2D eigenvalue weighted by molar-refractivity contribution is 6.40. The Bertz CT molecular complexity index is 3150. The van der Waals surface area contributed by atoms with E-state index < -0.39 is 163 Å². The number of alkyl halides is 5. The van der Waals surface area contributed by atoms with Crippen molar-refractivity contribution in [2.45, 2.75) is 165 Å². The number of ether oxygens (including phenoxy) is 13. The van der Waals surface area contributed by atoms with Crippen LogP contribution in [0.4, 0.5) is 21.0 Å². The van der Waals surface area contributed by atoms with E-state index in [4.69, 9.17) is 166 Å². The summed E-state index contributed by atoms with van der Waals surface area (Å²) < 4.78 is 80.9. The lowest BCUT2D eigenvalue weighted by Crippen LogP contribution is -2.68. The van der Waals surface area contributed by atoms with Crippen molar-refractivity contribution in [2.75, 3.05) is 59.9 Å². The average molecular weight is 1510 g/mol. The minimum absolute atomic E-state index is 0.00131. The van der Waals surface area contributed by atoms with E-state index in [-0.39, 0.29) is 84.3 Å². The molecule has 10 rings (SSSR count). The molecule has 0 bridgehead atoms. The Kier molecular flexibility index (Phi) is 24.6. The normalized spacial score (nSPS) is 37.0. The van der Waals surface area contributed by atoms with Crippen molar-refractivity contribution in [1.29, 1.82) is 0 Å². The largest absolute Gasteiger partial charge is 0.462 e. The van der Waals surface area contributed by atoms with Gasteiger partial charge in [0.15, 0.2) is 48.9 Å². The molecule has 524 valence electrons. The van der Waals surface area contributed by atoms with Crippen molar-refractivity contribution < 1.29 is 99.9 Å². The molecule has 0 radical (unpaired) electrons. The van der Waals surface area contributed by atoms with Gasteiger partial charge in [0, 0.05) is 24.7 Å². The number of Topliss-reactive ketones (excluding diaryl/α,β-unsaturated/α-hetero) is 1. The van der Waals surface area contributed by atoms with Gasteiger partial charge in [-0.25, -0.2) is 9.59 Å². The number of nitrogens with one attached hydrogen (secondary N) is 2. The predicted octanol–water partition coefficient (Wildman–Crippen LogP) is 11.7. The summed E-state index contributed by atoms with van der Waals surface area (Å²) in [6.45, 7) is 7.84. The number of amides is 2. The Morgan fingerprint density at radius 3 is 1.63 bits per heavy atom. The number of fused-ring (bicyclic) bond motifs is 7. The number of hydrogen-bond donors (Lipinski definition) is 2. The summed E-state index contributed by atoms with van der Waals surface area (Å²) >= 11 is 55.7. The van der Waals surface area contributed by atoms with Gasteiger partial charge in [0.2, 0.25) is 0 Å². The first-order chi connectivity index (χ1) is 45.3. The van der Waals surface area contributed by atoms with Gasteiger partial charge >= 0.3 is 42.0 Å². The highest BCUT2D eigenvalue weighted by atomic mass is 35.5. The standard InChI is InChI=1S/C63H73Cl9N2O21/c1-28-13-16-63(85-25-28)29(2)47-39(95-63)18-33-32-12-11-30-17-31(14-15-61(30,3)48(32)38(75)19-62(33,47)4)86-57-55(91-45(79)23-67)53(89-43(77)21-65)51(40(87-57)26-83-42(76)20-64)93-58-56(92-46(80)24-68)54(90-44(78)22-66)52(94-60(82)74-50-36(71)9-6-10-37(50)72)41(88-58)27-84-59(81)73-49-34(69)7-5-8-35(49)70/h5-10,28-33,39-41,47-48,51-58H,11-27H2,1-4H3,(H,73,81)(H,74,82)/t28-,29?,30+,31+,32+,33+,39?,40-,41-,47?,48-,51-,52-,53+,54+,55-,56-,57-,58+,61+,62+,63-/m1/s1. The Hall–Kier alpha value is -3.63.